The smallest absolute Gasteiger partial charge is 0.228 e. The molecule has 1 fully saturated rings. The first-order valence-electron chi connectivity index (χ1n) is 11.4. The lowest BCUT2D eigenvalue weighted by Crippen LogP contribution is -2.25. The zero-order valence-corrected chi connectivity index (χ0v) is 18.9. The Labute approximate surface area is 189 Å². The Bertz CT molecular complexity index is 1300. The second-order valence-corrected chi connectivity index (χ2v) is 9.12. The van der Waals surface area contributed by atoms with Crippen LogP contribution in [0.15, 0.2) is 60.8 Å². The number of pyridine rings is 1. The number of aromatic amines is 1. The Morgan fingerprint density at radius 2 is 1.84 bits per heavy atom. The number of amides is 1. The van der Waals surface area contributed by atoms with Gasteiger partial charge in [0.1, 0.15) is 0 Å². The van der Waals surface area contributed by atoms with Gasteiger partial charge in [0.25, 0.3) is 0 Å². The number of carbonyl (C=O) groups excluding carboxylic acids is 1. The van der Waals surface area contributed by atoms with Crippen LogP contribution in [0.2, 0.25) is 0 Å². The number of benzene rings is 2. The summed E-state index contributed by atoms with van der Waals surface area (Å²) in [5.74, 6) is 0.314. The predicted molar refractivity (Wildman–Crippen MR) is 131 cm³/mol. The van der Waals surface area contributed by atoms with Crippen LogP contribution >= 0.6 is 0 Å². The van der Waals surface area contributed by atoms with E-state index in [4.69, 9.17) is 0 Å². The Kier molecular flexibility index (Phi) is 5.30. The molecule has 0 saturated heterocycles. The normalized spacial score (nSPS) is 18.2. The molecule has 2 aromatic heterocycles. The molecule has 5 rings (SSSR count). The molecule has 4 aromatic rings. The monoisotopic (exact) mass is 423 g/mol. The van der Waals surface area contributed by atoms with Gasteiger partial charge in [-0.25, -0.2) is 0 Å². The lowest BCUT2D eigenvalue weighted by Gasteiger charge is -2.19. The first kappa shape index (κ1) is 20.5. The van der Waals surface area contributed by atoms with E-state index >= 15 is 0 Å². The minimum Gasteiger partial charge on any atom is -0.357 e. The maximum absolute atomic E-state index is 13.3. The number of aryl methyl sites for hydroxylation is 3. The molecule has 1 saturated carbocycles. The van der Waals surface area contributed by atoms with E-state index in [1.54, 1.807) is 0 Å². The van der Waals surface area contributed by atoms with Gasteiger partial charge in [-0.2, -0.15) is 0 Å². The molecule has 0 spiro atoms. The molecule has 0 radical (unpaired) electrons. The number of aromatic nitrogens is 2. The number of hydrogen-bond donors (Lipinski definition) is 2. The van der Waals surface area contributed by atoms with Crippen molar-refractivity contribution >= 4 is 22.5 Å². The van der Waals surface area contributed by atoms with Crippen molar-refractivity contribution < 1.29 is 4.79 Å². The van der Waals surface area contributed by atoms with Gasteiger partial charge in [0.15, 0.2) is 0 Å². The van der Waals surface area contributed by atoms with E-state index in [0.717, 1.165) is 47.4 Å². The van der Waals surface area contributed by atoms with Crippen LogP contribution in [0.5, 0.6) is 0 Å². The number of H-pyrrole nitrogens is 1. The highest BCUT2D eigenvalue weighted by atomic mass is 16.1. The van der Waals surface area contributed by atoms with E-state index < -0.39 is 0 Å². The minimum atomic E-state index is -0.0208. The lowest BCUT2D eigenvalue weighted by atomic mass is 9.91. The van der Waals surface area contributed by atoms with Crippen molar-refractivity contribution in [3.63, 3.8) is 0 Å². The Hall–Kier alpha value is -3.40. The van der Waals surface area contributed by atoms with Gasteiger partial charge in [-0.1, -0.05) is 36.8 Å². The number of fused-ring (bicyclic) bond motifs is 1. The van der Waals surface area contributed by atoms with Gasteiger partial charge in [0.05, 0.1) is 11.7 Å². The number of nitrogens with one attached hydrogen (secondary N) is 2. The summed E-state index contributed by atoms with van der Waals surface area (Å²) in [5, 5.41) is 4.39. The van der Waals surface area contributed by atoms with Crippen LogP contribution in [0.3, 0.4) is 0 Å². The summed E-state index contributed by atoms with van der Waals surface area (Å²) >= 11 is 0. The van der Waals surface area contributed by atoms with Crippen LogP contribution < -0.4 is 5.32 Å². The molecule has 1 aliphatic carbocycles. The summed E-state index contributed by atoms with van der Waals surface area (Å²) in [4.78, 5) is 21.2. The van der Waals surface area contributed by atoms with Crippen LogP contribution in [-0.4, -0.2) is 15.9 Å². The molecule has 4 nitrogen and oxygen atoms in total. The van der Waals surface area contributed by atoms with Crippen molar-refractivity contribution in [2.24, 2.45) is 5.92 Å². The fraction of sp³-hybridized carbons (Fsp3) is 0.286. The molecule has 0 aliphatic heterocycles. The SMILES string of the molecule is Cc1cc2cc(C3CCCC3C(=O)Nc3ccc(-c4ccccc4C)cc3C)[nH]c2cn1. The van der Waals surface area contributed by atoms with Gasteiger partial charge < -0.3 is 10.3 Å². The fourth-order valence-electron chi connectivity index (χ4n) is 5.10. The fourth-order valence-corrected chi connectivity index (χ4v) is 5.10. The quantitative estimate of drug-likeness (QED) is 0.385. The van der Waals surface area contributed by atoms with Gasteiger partial charge in [-0.05, 0) is 80.1 Å². The van der Waals surface area contributed by atoms with Gasteiger partial charge >= 0.3 is 0 Å². The largest absolute Gasteiger partial charge is 0.357 e. The molecule has 2 N–H and O–H groups in total. The first-order chi connectivity index (χ1) is 15.5. The summed E-state index contributed by atoms with van der Waals surface area (Å²) in [5.41, 5.74) is 8.84. The standard InChI is InChI=1S/C28H29N3O/c1-17-7-4-5-8-22(17)20-11-12-25(18(2)13-20)31-28(32)24-10-6-9-23(24)26-15-21-14-19(3)29-16-27(21)30-26/h4-5,7-8,11-16,23-24,30H,6,9-10H2,1-3H3,(H,31,32). The highest BCUT2D eigenvalue weighted by Gasteiger charge is 2.35. The molecule has 4 heteroatoms. The number of rotatable bonds is 4. The van der Waals surface area contributed by atoms with Crippen LogP contribution in [-0.2, 0) is 4.79 Å². The second kappa shape index (κ2) is 8.27. The third kappa shape index (κ3) is 3.81. The molecule has 32 heavy (non-hydrogen) atoms. The van der Waals surface area contributed by atoms with Crippen molar-refractivity contribution in [3.8, 4) is 11.1 Å². The molecule has 2 atom stereocenters. The number of nitrogens with zero attached hydrogens (tertiary/aromatic N) is 1. The third-order valence-electron chi connectivity index (χ3n) is 6.86. The van der Waals surface area contributed by atoms with E-state index in [2.05, 4.69) is 77.7 Å². The van der Waals surface area contributed by atoms with Crippen molar-refractivity contribution in [2.75, 3.05) is 5.32 Å². The molecule has 2 aromatic carbocycles. The third-order valence-corrected chi connectivity index (χ3v) is 6.86. The molecule has 2 unspecified atom stereocenters. The summed E-state index contributed by atoms with van der Waals surface area (Å²) in [7, 11) is 0. The van der Waals surface area contributed by atoms with E-state index in [-0.39, 0.29) is 17.7 Å². The minimum absolute atomic E-state index is 0.0208. The molecular weight excluding hydrogens is 394 g/mol. The molecule has 162 valence electrons. The van der Waals surface area contributed by atoms with E-state index in [9.17, 15) is 4.79 Å². The number of anilines is 1. The highest BCUT2D eigenvalue weighted by molar-refractivity contribution is 5.94. The second-order valence-electron chi connectivity index (χ2n) is 9.12. The summed E-state index contributed by atoms with van der Waals surface area (Å²) in [6, 6.07) is 19.0. The van der Waals surface area contributed by atoms with Gasteiger partial charge in [-0.15, -0.1) is 0 Å². The zero-order chi connectivity index (χ0) is 22.2. The maximum atomic E-state index is 13.3. The van der Waals surface area contributed by atoms with Crippen LogP contribution in [0, 0.1) is 26.7 Å². The molecule has 1 amide bonds. The topological polar surface area (TPSA) is 57.8 Å². The average molecular weight is 424 g/mol. The zero-order valence-electron chi connectivity index (χ0n) is 18.9. The molecule has 0 bridgehead atoms. The summed E-state index contributed by atoms with van der Waals surface area (Å²) in [6.07, 6.45) is 4.91. The van der Waals surface area contributed by atoms with Gasteiger partial charge in [0, 0.05) is 34.3 Å². The Balaban J connectivity index is 1.36. The predicted octanol–water partition coefficient (Wildman–Crippen LogP) is 6.68. The average Bonchev–Trinajstić information content (AvgIpc) is 3.42. The van der Waals surface area contributed by atoms with E-state index in [0.29, 0.717) is 0 Å². The Morgan fingerprint density at radius 1 is 1.00 bits per heavy atom. The molecule has 2 heterocycles. The Morgan fingerprint density at radius 3 is 2.66 bits per heavy atom. The van der Waals surface area contributed by atoms with Crippen molar-refractivity contribution in [1.29, 1.82) is 0 Å². The number of carbonyl (C=O) groups is 1. The van der Waals surface area contributed by atoms with Crippen LogP contribution in [0.25, 0.3) is 22.0 Å². The van der Waals surface area contributed by atoms with Gasteiger partial charge in [0.2, 0.25) is 5.91 Å². The van der Waals surface area contributed by atoms with Crippen molar-refractivity contribution in [2.45, 2.75) is 46.0 Å². The maximum Gasteiger partial charge on any atom is 0.228 e. The van der Waals surface area contributed by atoms with Crippen LogP contribution in [0.4, 0.5) is 5.69 Å². The van der Waals surface area contributed by atoms with Crippen LogP contribution in [0.1, 0.15) is 47.7 Å². The van der Waals surface area contributed by atoms with Crippen molar-refractivity contribution in [3.05, 3.63) is 83.3 Å². The number of hydrogen-bond acceptors (Lipinski definition) is 2. The lowest BCUT2D eigenvalue weighted by molar-refractivity contribution is -0.120. The van der Waals surface area contributed by atoms with Gasteiger partial charge in [-0.3, -0.25) is 9.78 Å². The summed E-state index contributed by atoms with van der Waals surface area (Å²) < 4.78 is 0. The summed E-state index contributed by atoms with van der Waals surface area (Å²) in [6.45, 7) is 6.20. The molecular formula is C28H29N3O. The van der Waals surface area contributed by atoms with E-state index in [1.165, 1.54) is 22.1 Å². The molecule has 1 aliphatic rings. The highest BCUT2D eigenvalue weighted by Crippen LogP contribution is 2.41. The first-order valence-corrected chi connectivity index (χ1v) is 11.4. The van der Waals surface area contributed by atoms with Crippen molar-refractivity contribution in [1.82, 2.24) is 9.97 Å². The van der Waals surface area contributed by atoms with E-state index in [1.807, 2.05) is 19.2 Å².